The lowest BCUT2D eigenvalue weighted by Crippen LogP contribution is -2.04. The monoisotopic (exact) mass is 232 g/mol. The maximum atomic E-state index is 5.63. The third-order valence-corrected chi connectivity index (χ3v) is 2.24. The molecule has 0 spiro atoms. The van der Waals surface area contributed by atoms with E-state index < -0.39 is 0 Å². The Balaban J connectivity index is 0.00000121. The second kappa shape index (κ2) is 7.55. The van der Waals surface area contributed by atoms with Crippen molar-refractivity contribution in [3.63, 3.8) is 0 Å². The van der Waals surface area contributed by atoms with Crippen molar-refractivity contribution in [1.29, 1.82) is 0 Å². The van der Waals surface area contributed by atoms with Gasteiger partial charge < -0.3 is 11.1 Å². The van der Waals surface area contributed by atoms with E-state index in [2.05, 4.69) is 32.3 Å². The first-order chi connectivity index (χ1) is 8.00. The van der Waals surface area contributed by atoms with E-state index in [1.165, 1.54) is 0 Å². The summed E-state index contributed by atoms with van der Waals surface area (Å²) in [7, 11) is 0. The van der Waals surface area contributed by atoms with E-state index in [-0.39, 0.29) is 0 Å². The Morgan fingerprint density at radius 1 is 1.24 bits per heavy atom. The SMILES string of the molecule is C=C(N)c1cccc(NC(=C)C(C)C)c1.CC. The molecule has 0 saturated heterocycles. The van der Waals surface area contributed by atoms with E-state index in [0.29, 0.717) is 11.6 Å². The molecule has 0 radical (unpaired) electrons. The van der Waals surface area contributed by atoms with Crippen molar-refractivity contribution in [1.82, 2.24) is 0 Å². The fraction of sp³-hybridized carbons (Fsp3) is 0.333. The van der Waals surface area contributed by atoms with Crippen LogP contribution in [0.25, 0.3) is 5.70 Å². The number of nitrogens with one attached hydrogen (secondary N) is 1. The van der Waals surface area contributed by atoms with Gasteiger partial charge in [-0.15, -0.1) is 0 Å². The predicted octanol–water partition coefficient (Wildman–Crippen LogP) is 4.22. The van der Waals surface area contributed by atoms with Gasteiger partial charge >= 0.3 is 0 Å². The van der Waals surface area contributed by atoms with Gasteiger partial charge in [0.15, 0.2) is 0 Å². The fourth-order valence-corrected chi connectivity index (χ4v) is 1.13. The van der Waals surface area contributed by atoms with Crippen LogP contribution in [0.4, 0.5) is 5.69 Å². The fourth-order valence-electron chi connectivity index (χ4n) is 1.13. The molecular weight excluding hydrogens is 208 g/mol. The van der Waals surface area contributed by atoms with E-state index in [4.69, 9.17) is 5.73 Å². The van der Waals surface area contributed by atoms with Crippen molar-refractivity contribution in [2.45, 2.75) is 27.7 Å². The molecule has 0 aliphatic carbocycles. The van der Waals surface area contributed by atoms with Crippen molar-refractivity contribution < 1.29 is 0 Å². The van der Waals surface area contributed by atoms with Crippen LogP contribution in [0, 0.1) is 5.92 Å². The Bertz CT molecular complexity index is 378. The Labute approximate surface area is 105 Å². The van der Waals surface area contributed by atoms with Gasteiger partial charge in [0, 0.05) is 17.1 Å². The summed E-state index contributed by atoms with van der Waals surface area (Å²) in [5, 5.41) is 3.25. The second-order valence-electron chi connectivity index (χ2n) is 3.91. The molecule has 0 atom stereocenters. The van der Waals surface area contributed by atoms with Crippen molar-refractivity contribution in [3.05, 3.63) is 48.7 Å². The van der Waals surface area contributed by atoms with Gasteiger partial charge in [-0.25, -0.2) is 0 Å². The summed E-state index contributed by atoms with van der Waals surface area (Å²) in [6, 6.07) is 7.84. The highest BCUT2D eigenvalue weighted by molar-refractivity contribution is 5.65. The Morgan fingerprint density at radius 2 is 1.82 bits per heavy atom. The zero-order valence-corrected chi connectivity index (χ0v) is 11.4. The molecule has 2 nitrogen and oxygen atoms in total. The number of nitrogens with two attached hydrogens (primary N) is 1. The van der Waals surface area contributed by atoms with Crippen LogP contribution in [0.3, 0.4) is 0 Å². The van der Waals surface area contributed by atoms with Crippen molar-refractivity contribution >= 4 is 11.4 Å². The topological polar surface area (TPSA) is 38.0 Å². The van der Waals surface area contributed by atoms with Gasteiger partial charge in [0.25, 0.3) is 0 Å². The van der Waals surface area contributed by atoms with Crippen molar-refractivity contribution in [2.24, 2.45) is 11.7 Å². The molecule has 0 aromatic heterocycles. The zero-order valence-electron chi connectivity index (χ0n) is 11.4. The molecule has 1 aromatic rings. The summed E-state index contributed by atoms with van der Waals surface area (Å²) in [5.41, 5.74) is 9.14. The number of hydrogen-bond acceptors (Lipinski definition) is 2. The quantitative estimate of drug-likeness (QED) is 0.815. The molecular formula is C15H24N2. The predicted molar refractivity (Wildman–Crippen MR) is 78.6 cm³/mol. The van der Waals surface area contributed by atoms with E-state index in [1.807, 2.05) is 38.1 Å². The molecule has 0 heterocycles. The molecule has 94 valence electrons. The number of anilines is 1. The van der Waals surface area contributed by atoms with Crippen molar-refractivity contribution in [2.75, 3.05) is 5.32 Å². The average Bonchev–Trinajstić information content (AvgIpc) is 2.31. The van der Waals surface area contributed by atoms with Gasteiger partial charge in [-0.3, -0.25) is 0 Å². The summed E-state index contributed by atoms with van der Waals surface area (Å²) < 4.78 is 0. The number of benzene rings is 1. The first-order valence-corrected chi connectivity index (χ1v) is 6.01. The normalized spacial score (nSPS) is 9.24. The summed E-state index contributed by atoms with van der Waals surface area (Å²) >= 11 is 0. The Hall–Kier alpha value is -1.70. The minimum atomic E-state index is 0.412. The molecule has 0 aliphatic rings. The first kappa shape index (κ1) is 15.3. The molecule has 1 rings (SSSR count). The second-order valence-corrected chi connectivity index (χ2v) is 3.91. The standard InChI is InChI=1S/C13H18N2.C2H6/c1-9(2)11(4)15-13-7-5-6-12(8-13)10(3)14;1-2/h5-9,15H,3-4,14H2,1-2H3;1-2H3. The molecule has 0 aliphatic heterocycles. The van der Waals surface area contributed by atoms with E-state index in [9.17, 15) is 0 Å². The molecule has 0 unspecified atom stereocenters. The van der Waals surface area contributed by atoms with Gasteiger partial charge in [0.2, 0.25) is 0 Å². The molecule has 0 fully saturated rings. The highest BCUT2D eigenvalue weighted by Crippen LogP contribution is 2.17. The maximum absolute atomic E-state index is 5.63. The molecule has 2 heteroatoms. The molecule has 3 N–H and O–H groups in total. The molecule has 0 bridgehead atoms. The summed E-state index contributed by atoms with van der Waals surface area (Å²) in [6.45, 7) is 15.9. The lowest BCUT2D eigenvalue weighted by Gasteiger charge is -2.13. The van der Waals surface area contributed by atoms with E-state index >= 15 is 0 Å². The highest BCUT2D eigenvalue weighted by Gasteiger charge is 2.01. The number of allylic oxidation sites excluding steroid dienone is 1. The van der Waals surface area contributed by atoms with Gasteiger partial charge in [0.05, 0.1) is 0 Å². The maximum Gasteiger partial charge on any atom is 0.0388 e. The van der Waals surface area contributed by atoms with Crippen LogP contribution in [0.5, 0.6) is 0 Å². The van der Waals surface area contributed by atoms with Crippen LogP contribution in [0.15, 0.2) is 43.1 Å². The smallest absolute Gasteiger partial charge is 0.0388 e. The first-order valence-electron chi connectivity index (χ1n) is 6.01. The van der Waals surface area contributed by atoms with Crippen LogP contribution < -0.4 is 11.1 Å². The van der Waals surface area contributed by atoms with Gasteiger partial charge in [-0.05, 0) is 23.6 Å². The van der Waals surface area contributed by atoms with Gasteiger partial charge in [-0.1, -0.05) is 53.0 Å². The molecule has 17 heavy (non-hydrogen) atoms. The number of hydrogen-bond donors (Lipinski definition) is 2. The molecule has 0 amide bonds. The van der Waals surface area contributed by atoms with Gasteiger partial charge in [-0.2, -0.15) is 0 Å². The summed E-state index contributed by atoms with van der Waals surface area (Å²) in [5.74, 6) is 0.412. The third kappa shape index (κ3) is 5.25. The highest BCUT2D eigenvalue weighted by atomic mass is 14.9. The Morgan fingerprint density at radius 3 is 2.29 bits per heavy atom. The average molecular weight is 232 g/mol. The minimum Gasteiger partial charge on any atom is -0.399 e. The lowest BCUT2D eigenvalue weighted by molar-refractivity contribution is 0.778. The summed E-state index contributed by atoms with van der Waals surface area (Å²) in [6.07, 6.45) is 0. The largest absolute Gasteiger partial charge is 0.399 e. The van der Waals surface area contributed by atoms with Gasteiger partial charge in [0.1, 0.15) is 0 Å². The summed E-state index contributed by atoms with van der Waals surface area (Å²) in [4.78, 5) is 0. The Kier molecular flexibility index (Phi) is 6.80. The molecule has 1 aromatic carbocycles. The zero-order chi connectivity index (χ0) is 13.4. The number of rotatable bonds is 4. The van der Waals surface area contributed by atoms with E-state index in [1.54, 1.807) is 0 Å². The van der Waals surface area contributed by atoms with Crippen LogP contribution in [0.2, 0.25) is 0 Å². The van der Waals surface area contributed by atoms with Crippen LogP contribution >= 0.6 is 0 Å². The van der Waals surface area contributed by atoms with Crippen LogP contribution in [-0.2, 0) is 0 Å². The third-order valence-electron chi connectivity index (χ3n) is 2.24. The van der Waals surface area contributed by atoms with Crippen LogP contribution in [-0.4, -0.2) is 0 Å². The minimum absolute atomic E-state index is 0.412. The van der Waals surface area contributed by atoms with Crippen molar-refractivity contribution in [3.8, 4) is 0 Å². The lowest BCUT2D eigenvalue weighted by atomic mass is 10.1. The van der Waals surface area contributed by atoms with E-state index in [0.717, 1.165) is 16.9 Å². The molecule has 0 saturated carbocycles. The van der Waals surface area contributed by atoms with Crippen LogP contribution in [0.1, 0.15) is 33.3 Å².